The Morgan fingerprint density at radius 1 is 1.07 bits per heavy atom. The summed E-state index contributed by atoms with van der Waals surface area (Å²) in [5, 5.41) is 0.551. The zero-order valence-electron chi connectivity index (χ0n) is 24.7. The molecule has 5 rings (SSSR count). The summed E-state index contributed by atoms with van der Waals surface area (Å²) in [7, 11) is 0. The van der Waals surface area contributed by atoms with Crippen molar-refractivity contribution in [3.8, 4) is 5.75 Å². The first-order valence-electron chi connectivity index (χ1n) is 14.4. The smallest absolute Gasteiger partial charge is 0.338 e. The van der Waals surface area contributed by atoms with E-state index >= 15 is 0 Å². The quantitative estimate of drug-likeness (QED) is 0.358. The molecule has 43 heavy (non-hydrogen) atoms. The molecule has 0 saturated carbocycles. The molecule has 1 saturated heterocycles. The summed E-state index contributed by atoms with van der Waals surface area (Å²) >= 11 is 7.40. The molecule has 0 N–H and O–H groups in total. The van der Waals surface area contributed by atoms with Crippen LogP contribution < -0.4 is 19.6 Å². The van der Waals surface area contributed by atoms with E-state index in [9.17, 15) is 14.4 Å². The Hall–Kier alpha value is -3.73. The lowest BCUT2D eigenvalue weighted by molar-refractivity contribution is -0.143. The Bertz CT molecular complexity index is 1700. The zero-order valence-corrected chi connectivity index (χ0v) is 26.3. The summed E-state index contributed by atoms with van der Waals surface area (Å²) in [6, 6.07) is 13.6. The summed E-state index contributed by atoms with van der Waals surface area (Å²) in [5.74, 6) is 0.0386. The Morgan fingerprint density at radius 3 is 2.37 bits per heavy atom. The van der Waals surface area contributed by atoms with Gasteiger partial charge in [-0.05, 0) is 68.8 Å². The number of allylic oxidation sites excluding steroid dienone is 1. The highest BCUT2D eigenvalue weighted by Crippen LogP contribution is 2.31. The van der Waals surface area contributed by atoms with Crippen molar-refractivity contribution in [2.24, 2.45) is 4.99 Å². The SMILES string of the molecule is CCN1CCN(C(=O)COc2ccc(/C=c3\sc4n(c3=O)C(c3ccc(Cl)cc3)C(C(=O)OC(C)C)=C(C)N=4)cc2)CC1. The largest absolute Gasteiger partial charge is 0.484 e. The van der Waals surface area contributed by atoms with Crippen molar-refractivity contribution in [3.63, 3.8) is 0 Å². The zero-order chi connectivity index (χ0) is 30.7. The summed E-state index contributed by atoms with van der Waals surface area (Å²) in [4.78, 5) is 48.9. The molecule has 1 amide bonds. The number of aromatic nitrogens is 1. The lowest BCUT2D eigenvalue weighted by atomic mass is 9.96. The molecule has 226 valence electrons. The fourth-order valence-electron chi connectivity index (χ4n) is 5.18. The van der Waals surface area contributed by atoms with Gasteiger partial charge in [0.15, 0.2) is 11.4 Å². The van der Waals surface area contributed by atoms with Crippen LogP contribution in [0.25, 0.3) is 6.08 Å². The number of carbonyl (C=O) groups is 2. The van der Waals surface area contributed by atoms with Gasteiger partial charge in [0.1, 0.15) is 5.75 Å². The first-order valence-corrected chi connectivity index (χ1v) is 15.6. The van der Waals surface area contributed by atoms with E-state index in [-0.39, 0.29) is 24.2 Å². The Kier molecular flexibility index (Phi) is 9.49. The minimum Gasteiger partial charge on any atom is -0.484 e. The number of likely N-dealkylation sites (N-methyl/N-ethyl adjacent to an activating group) is 1. The minimum absolute atomic E-state index is 0.0182. The van der Waals surface area contributed by atoms with Gasteiger partial charge in [-0.2, -0.15) is 0 Å². The van der Waals surface area contributed by atoms with Crippen molar-refractivity contribution in [1.82, 2.24) is 14.4 Å². The first kappa shape index (κ1) is 30.7. The van der Waals surface area contributed by atoms with Crippen LogP contribution in [-0.2, 0) is 14.3 Å². The van der Waals surface area contributed by atoms with Gasteiger partial charge < -0.3 is 19.3 Å². The van der Waals surface area contributed by atoms with Crippen molar-refractivity contribution in [2.45, 2.75) is 39.8 Å². The maximum atomic E-state index is 13.8. The Labute approximate surface area is 259 Å². The second-order valence-electron chi connectivity index (χ2n) is 10.8. The Morgan fingerprint density at radius 2 is 1.74 bits per heavy atom. The lowest BCUT2D eigenvalue weighted by Crippen LogP contribution is -2.49. The molecule has 3 heterocycles. The third kappa shape index (κ3) is 6.92. The van der Waals surface area contributed by atoms with E-state index in [1.54, 1.807) is 67.8 Å². The van der Waals surface area contributed by atoms with E-state index in [1.807, 2.05) is 17.0 Å². The normalized spacial score (nSPS) is 17.6. The van der Waals surface area contributed by atoms with Crippen LogP contribution in [0, 0.1) is 0 Å². The molecule has 3 aromatic rings. The van der Waals surface area contributed by atoms with Gasteiger partial charge >= 0.3 is 5.97 Å². The third-order valence-corrected chi connectivity index (χ3v) is 8.72. The molecule has 1 aromatic heterocycles. The van der Waals surface area contributed by atoms with E-state index in [0.29, 0.717) is 44.5 Å². The number of piperazine rings is 1. The number of rotatable bonds is 8. The topological polar surface area (TPSA) is 93.4 Å². The number of esters is 1. The van der Waals surface area contributed by atoms with Crippen molar-refractivity contribution in [1.29, 1.82) is 0 Å². The molecule has 2 aromatic carbocycles. The van der Waals surface area contributed by atoms with Gasteiger partial charge in [0.25, 0.3) is 11.5 Å². The molecule has 1 unspecified atom stereocenters. The Balaban J connectivity index is 1.39. The van der Waals surface area contributed by atoms with Gasteiger partial charge in [-0.15, -0.1) is 0 Å². The highest BCUT2D eigenvalue weighted by Gasteiger charge is 2.33. The number of hydrogen-bond acceptors (Lipinski definition) is 8. The number of amides is 1. The molecular formula is C32H35ClN4O5S. The van der Waals surface area contributed by atoms with Gasteiger partial charge in [-0.1, -0.05) is 54.1 Å². The summed E-state index contributed by atoms with van der Waals surface area (Å²) in [6.07, 6.45) is 1.46. The van der Waals surface area contributed by atoms with Crippen LogP contribution >= 0.6 is 22.9 Å². The van der Waals surface area contributed by atoms with Crippen LogP contribution in [0.4, 0.5) is 0 Å². The van der Waals surface area contributed by atoms with Crippen molar-refractivity contribution in [3.05, 3.63) is 95.6 Å². The predicted octanol–water partition coefficient (Wildman–Crippen LogP) is 3.38. The molecule has 9 nitrogen and oxygen atoms in total. The molecule has 1 fully saturated rings. The average molecular weight is 623 g/mol. The van der Waals surface area contributed by atoms with Crippen LogP contribution in [0.2, 0.25) is 5.02 Å². The molecular weight excluding hydrogens is 588 g/mol. The maximum Gasteiger partial charge on any atom is 0.338 e. The number of hydrogen-bond donors (Lipinski definition) is 0. The standard InChI is InChI=1S/C32H35ClN4O5S/c1-5-35-14-16-36(17-15-35)27(38)19-41-25-12-6-22(7-13-25)18-26-30(39)37-29(23-8-10-24(33)11-9-23)28(31(40)42-20(2)3)21(4)34-32(37)43-26/h6-13,18,20,29H,5,14-17,19H2,1-4H3/b26-18-. The maximum absolute atomic E-state index is 13.8. The number of carbonyl (C=O) groups excluding carboxylic acids is 2. The molecule has 1 atom stereocenters. The van der Waals surface area contributed by atoms with E-state index in [0.717, 1.165) is 30.8 Å². The number of nitrogens with zero attached hydrogens (tertiary/aromatic N) is 4. The van der Waals surface area contributed by atoms with Crippen LogP contribution in [-0.4, -0.2) is 71.7 Å². The van der Waals surface area contributed by atoms with Gasteiger partial charge in [0.05, 0.1) is 27.9 Å². The monoisotopic (exact) mass is 622 g/mol. The van der Waals surface area contributed by atoms with Crippen LogP contribution in [0.3, 0.4) is 0 Å². The minimum atomic E-state index is -0.708. The molecule has 0 aliphatic carbocycles. The average Bonchev–Trinajstić information content (AvgIpc) is 3.29. The number of fused-ring (bicyclic) bond motifs is 1. The number of thiazole rings is 1. The second-order valence-corrected chi connectivity index (χ2v) is 12.2. The van der Waals surface area contributed by atoms with Gasteiger partial charge in [-0.3, -0.25) is 14.2 Å². The van der Waals surface area contributed by atoms with Crippen molar-refractivity contribution >= 4 is 40.9 Å². The molecule has 0 radical (unpaired) electrons. The van der Waals surface area contributed by atoms with Crippen LogP contribution in [0.5, 0.6) is 5.75 Å². The fraction of sp³-hybridized carbons (Fsp3) is 0.375. The van der Waals surface area contributed by atoms with Crippen LogP contribution in [0.15, 0.2) is 69.6 Å². The molecule has 2 aliphatic heterocycles. The van der Waals surface area contributed by atoms with Gasteiger partial charge in [0.2, 0.25) is 0 Å². The van der Waals surface area contributed by atoms with Crippen LogP contribution in [0.1, 0.15) is 44.9 Å². The highest BCUT2D eigenvalue weighted by atomic mass is 35.5. The first-order chi connectivity index (χ1) is 20.6. The van der Waals surface area contributed by atoms with Crippen molar-refractivity contribution < 1.29 is 19.1 Å². The molecule has 11 heteroatoms. The van der Waals surface area contributed by atoms with E-state index in [4.69, 9.17) is 21.1 Å². The van der Waals surface area contributed by atoms with Gasteiger partial charge in [-0.25, -0.2) is 9.79 Å². The number of benzene rings is 2. The van der Waals surface area contributed by atoms with Gasteiger partial charge in [0, 0.05) is 31.2 Å². The summed E-state index contributed by atoms with van der Waals surface area (Å²) in [6.45, 7) is 11.6. The molecule has 0 spiro atoms. The van der Waals surface area contributed by atoms with E-state index in [2.05, 4.69) is 16.8 Å². The summed E-state index contributed by atoms with van der Waals surface area (Å²) in [5.41, 5.74) is 2.07. The number of ether oxygens (including phenoxy) is 2. The lowest BCUT2D eigenvalue weighted by Gasteiger charge is -2.33. The van der Waals surface area contributed by atoms with Crippen molar-refractivity contribution in [2.75, 3.05) is 39.3 Å². The second kappa shape index (κ2) is 13.3. The summed E-state index contributed by atoms with van der Waals surface area (Å²) < 4.78 is 13.3. The molecule has 0 bridgehead atoms. The predicted molar refractivity (Wildman–Crippen MR) is 167 cm³/mol. The highest BCUT2D eigenvalue weighted by molar-refractivity contribution is 7.07. The van der Waals surface area contributed by atoms with E-state index < -0.39 is 12.0 Å². The molecule has 2 aliphatic rings. The van der Waals surface area contributed by atoms with E-state index in [1.165, 1.54) is 11.3 Å². The fourth-order valence-corrected chi connectivity index (χ4v) is 6.35. The number of halogens is 1. The third-order valence-electron chi connectivity index (χ3n) is 7.48.